The van der Waals surface area contributed by atoms with E-state index in [0.717, 1.165) is 0 Å². The largest absolute Gasteiger partial charge is 0.310 e. The van der Waals surface area contributed by atoms with Gasteiger partial charge in [0, 0.05) is 11.1 Å². The highest BCUT2D eigenvalue weighted by Crippen LogP contribution is 2.51. The van der Waals surface area contributed by atoms with Crippen LogP contribution in [0.2, 0.25) is 0 Å². The minimum Gasteiger partial charge on any atom is -0.310 e. The van der Waals surface area contributed by atoms with Crippen LogP contribution in [0.15, 0.2) is 66.7 Å². The molecule has 0 aromatic heterocycles. The number of anilines is 3. The van der Waals surface area contributed by atoms with E-state index >= 15 is 0 Å². The van der Waals surface area contributed by atoms with Gasteiger partial charge in [-0.05, 0) is 53.3 Å². The Morgan fingerprint density at radius 1 is 0.741 bits per heavy atom. The SMILES string of the molecule is Cc1ccc2c(c1)C(C)(C)c1ccccc1N2c1ccc(C(C)(C)C)cc1. The topological polar surface area (TPSA) is 3.24 Å². The maximum Gasteiger partial charge on any atom is 0.0502 e. The predicted octanol–water partition coefficient (Wildman–Crippen LogP) is 7.40. The Labute approximate surface area is 163 Å². The van der Waals surface area contributed by atoms with Crippen LogP contribution in [-0.4, -0.2) is 0 Å². The van der Waals surface area contributed by atoms with Gasteiger partial charge < -0.3 is 4.90 Å². The molecule has 0 saturated carbocycles. The molecule has 1 aliphatic heterocycles. The highest BCUT2D eigenvalue weighted by molar-refractivity contribution is 5.86. The van der Waals surface area contributed by atoms with E-state index in [1.54, 1.807) is 0 Å². The molecule has 0 unspecified atom stereocenters. The van der Waals surface area contributed by atoms with Crippen molar-refractivity contribution in [1.82, 2.24) is 0 Å². The minimum atomic E-state index is -0.0141. The summed E-state index contributed by atoms with van der Waals surface area (Å²) in [5.74, 6) is 0. The fourth-order valence-corrected chi connectivity index (χ4v) is 4.21. The Kier molecular flexibility index (Phi) is 3.96. The molecule has 0 radical (unpaired) electrons. The lowest BCUT2D eigenvalue weighted by Crippen LogP contribution is -2.30. The summed E-state index contributed by atoms with van der Waals surface area (Å²) < 4.78 is 0. The molecule has 0 bridgehead atoms. The third-order valence-corrected chi connectivity index (χ3v) is 5.88. The fourth-order valence-electron chi connectivity index (χ4n) is 4.21. The van der Waals surface area contributed by atoms with E-state index < -0.39 is 0 Å². The summed E-state index contributed by atoms with van der Waals surface area (Å²) in [7, 11) is 0. The highest BCUT2D eigenvalue weighted by Gasteiger charge is 2.36. The molecule has 4 rings (SSSR count). The van der Waals surface area contributed by atoms with Gasteiger partial charge in [-0.1, -0.05) is 82.6 Å². The molecule has 0 amide bonds. The lowest BCUT2D eigenvalue weighted by molar-refractivity contribution is 0.590. The van der Waals surface area contributed by atoms with E-state index in [0.29, 0.717) is 0 Å². The Balaban J connectivity index is 1.94. The molecular weight excluding hydrogens is 326 g/mol. The molecule has 0 N–H and O–H groups in total. The molecular formula is C26H29N. The third-order valence-electron chi connectivity index (χ3n) is 5.88. The lowest BCUT2D eigenvalue weighted by atomic mass is 9.73. The van der Waals surface area contributed by atoms with Crippen molar-refractivity contribution < 1.29 is 0 Å². The van der Waals surface area contributed by atoms with Crippen LogP contribution in [0.25, 0.3) is 0 Å². The number of hydrogen-bond acceptors (Lipinski definition) is 1. The lowest BCUT2D eigenvalue weighted by Gasteiger charge is -2.42. The minimum absolute atomic E-state index is 0.0141. The Morgan fingerprint density at radius 2 is 1.37 bits per heavy atom. The number of benzene rings is 3. The van der Waals surface area contributed by atoms with Crippen LogP contribution in [0.1, 0.15) is 56.9 Å². The molecule has 138 valence electrons. The predicted molar refractivity (Wildman–Crippen MR) is 117 cm³/mol. The van der Waals surface area contributed by atoms with Crippen LogP contribution in [0, 0.1) is 6.92 Å². The first-order valence-electron chi connectivity index (χ1n) is 9.81. The zero-order chi connectivity index (χ0) is 19.4. The number of hydrogen-bond donors (Lipinski definition) is 0. The van der Waals surface area contributed by atoms with Crippen molar-refractivity contribution in [3.8, 4) is 0 Å². The maximum absolute atomic E-state index is 2.42. The summed E-state index contributed by atoms with van der Waals surface area (Å²) in [6.07, 6.45) is 0. The molecule has 0 fully saturated rings. The second-order valence-corrected chi connectivity index (χ2v) is 9.30. The molecule has 0 aliphatic carbocycles. The van der Waals surface area contributed by atoms with Crippen molar-refractivity contribution in [1.29, 1.82) is 0 Å². The van der Waals surface area contributed by atoms with Gasteiger partial charge in [0.05, 0.1) is 11.4 Å². The third kappa shape index (κ3) is 2.86. The van der Waals surface area contributed by atoms with E-state index in [1.165, 1.54) is 39.3 Å². The summed E-state index contributed by atoms with van der Waals surface area (Å²) >= 11 is 0. The van der Waals surface area contributed by atoms with Crippen molar-refractivity contribution in [3.05, 3.63) is 89.0 Å². The Bertz CT molecular complexity index is 987. The molecule has 27 heavy (non-hydrogen) atoms. The molecule has 0 spiro atoms. The van der Waals surface area contributed by atoms with Crippen LogP contribution in [0.4, 0.5) is 17.1 Å². The van der Waals surface area contributed by atoms with Crippen LogP contribution in [0.3, 0.4) is 0 Å². The van der Waals surface area contributed by atoms with Gasteiger partial charge in [0.2, 0.25) is 0 Å². The van der Waals surface area contributed by atoms with Crippen LogP contribution < -0.4 is 4.90 Å². The van der Waals surface area contributed by atoms with Gasteiger partial charge in [0.1, 0.15) is 0 Å². The molecule has 1 heterocycles. The second kappa shape index (κ2) is 5.99. The molecule has 1 aliphatic rings. The molecule has 1 heteroatoms. The average molecular weight is 356 g/mol. The molecule has 1 nitrogen and oxygen atoms in total. The summed E-state index contributed by atoms with van der Waals surface area (Å²) in [5, 5.41) is 0. The number of rotatable bonds is 1. The highest BCUT2D eigenvalue weighted by atomic mass is 15.2. The first kappa shape index (κ1) is 17.9. The van der Waals surface area contributed by atoms with Gasteiger partial charge in [-0.15, -0.1) is 0 Å². The maximum atomic E-state index is 2.42. The summed E-state index contributed by atoms with van der Waals surface area (Å²) in [6, 6.07) is 24.7. The summed E-state index contributed by atoms with van der Waals surface area (Å²) in [5.41, 5.74) is 9.37. The van der Waals surface area contributed by atoms with Crippen molar-refractivity contribution in [2.45, 2.75) is 52.4 Å². The zero-order valence-electron chi connectivity index (χ0n) is 17.3. The van der Waals surface area contributed by atoms with E-state index in [2.05, 4.69) is 113 Å². The summed E-state index contributed by atoms with van der Waals surface area (Å²) in [4.78, 5) is 2.42. The number of aryl methyl sites for hydroxylation is 1. The van der Waals surface area contributed by atoms with E-state index in [1.807, 2.05) is 0 Å². The van der Waals surface area contributed by atoms with Gasteiger partial charge >= 0.3 is 0 Å². The normalized spacial score (nSPS) is 15.3. The molecule has 0 saturated heterocycles. The van der Waals surface area contributed by atoms with Gasteiger partial charge in [0.15, 0.2) is 0 Å². The fraction of sp³-hybridized carbons (Fsp3) is 0.308. The van der Waals surface area contributed by atoms with Gasteiger partial charge in [-0.25, -0.2) is 0 Å². The molecule has 3 aromatic rings. The quantitative estimate of drug-likeness (QED) is 0.439. The van der Waals surface area contributed by atoms with E-state index in [-0.39, 0.29) is 10.8 Å². The van der Waals surface area contributed by atoms with Crippen molar-refractivity contribution in [2.24, 2.45) is 0 Å². The van der Waals surface area contributed by atoms with Gasteiger partial charge in [-0.3, -0.25) is 0 Å². The monoisotopic (exact) mass is 355 g/mol. The van der Waals surface area contributed by atoms with Crippen LogP contribution >= 0.6 is 0 Å². The number of fused-ring (bicyclic) bond motifs is 2. The number of nitrogens with zero attached hydrogens (tertiary/aromatic N) is 1. The zero-order valence-corrected chi connectivity index (χ0v) is 17.3. The van der Waals surface area contributed by atoms with Gasteiger partial charge in [-0.2, -0.15) is 0 Å². The first-order chi connectivity index (χ1) is 12.7. The van der Waals surface area contributed by atoms with E-state index in [9.17, 15) is 0 Å². The Hall–Kier alpha value is -2.54. The van der Waals surface area contributed by atoms with E-state index in [4.69, 9.17) is 0 Å². The van der Waals surface area contributed by atoms with Crippen molar-refractivity contribution in [2.75, 3.05) is 4.90 Å². The molecule has 3 aromatic carbocycles. The van der Waals surface area contributed by atoms with Crippen LogP contribution in [-0.2, 0) is 10.8 Å². The second-order valence-electron chi connectivity index (χ2n) is 9.30. The van der Waals surface area contributed by atoms with Crippen molar-refractivity contribution >= 4 is 17.1 Å². The van der Waals surface area contributed by atoms with Crippen LogP contribution in [0.5, 0.6) is 0 Å². The molecule has 0 atom stereocenters. The standard InChI is InChI=1S/C26H29N/c1-18-11-16-24-22(17-18)26(5,6)21-9-7-8-10-23(21)27(24)20-14-12-19(13-15-20)25(2,3)4/h7-17H,1-6H3. The Morgan fingerprint density at radius 3 is 2.04 bits per heavy atom. The number of para-hydroxylation sites is 1. The smallest absolute Gasteiger partial charge is 0.0502 e. The summed E-state index contributed by atoms with van der Waals surface area (Å²) in [6.45, 7) is 13.6. The average Bonchev–Trinajstić information content (AvgIpc) is 2.62. The first-order valence-corrected chi connectivity index (χ1v) is 9.81. The van der Waals surface area contributed by atoms with Crippen molar-refractivity contribution in [3.63, 3.8) is 0 Å². The van der Waals surface area contributed by atoms with Gasteiger partial charge in [0.25, 0.3) is 0 Å².